The number of hydrogen-bond acceptors (Lipinski definition) is 11. The standard InChI is InChI=1S/C22H37NO12/c1-8-30-14-15(31-9-2)17(32-10-3)20(33-16(14)19(27)29-7)34-21(28)23-12(11-13(24)25)18(26)35-22(4,5)6/h12,14-17,20H,8-11H2,1-7H3,(H,23,28)(H,24,25)/t12-,14-,15-,16-,17+,20?/m0/s1. The Morgan fingerprint density at radius 1 is 0.943 bits per heavy atom. The van der Waals surface area contributed by atoms with Gasteiger partial charge in [0, 0.05) is 19.8 Å². The first-order chi connectivity index (χ1) is 16.4. The molecule has 1 aliphatic heterocycles. The van der Waals surface area contributed by atoms with Gasteiger partial charge in [0.2, 0.25) is 6.29 Å². The third-order valence-corrected chi connectivity index (χ3v) is 4.59. The molecule has 0 aromatic rings. The van der Waals surface area contributed by atoms with Gasteiger partial charge in [0.1, 0.15) is 30.0 Å². The molecule has 1 rings (SSSR count). The molecule has 2 N–H and O–H groups in total. The molecular weight excluding hydrogens is 470 g/mol. The highest BCUT2D eigenvalue weighted by Gasteiger charge is 2.52. The van der Waals surface area contributed by atoms with Gasteiger partial charge in [-0.25, -0.2) is 14.4 Å². The van der Waals surface area contributed by atoms with Gasteiger partial charge in [0.05, 0.1) is 13.5 Å². The summed E-state index contributed by atoms with van der Waals surface area (Å²) in [7, 11) is 1.17. The fraction of sp³-hybridized carbons (Fsp3) is 0.818. The molecular formula is C22H37NO12. The molecule has 0 aromatic carbocycles. The van der Waals surface area contributed by atoms with Crippen molar-refractivity contribution in [3.05, 3.63) is 0 Å². The lowest BCUT2D eigenvalue weighted by atomic mass is 9.98. The molecule has 13 heteroatoms. The molecule has 0 aliphatic carbocycles. The van der Waals surface area contributed by atoms with Gasteiger partial charge in [0.25, 0.3) is 0 Å². The topological polar surface area (TPSA) is 165 Å². The molecule has 1 unspecified atom stereocenters. The molecule has 0 spiro atoms. The summed E-state index contributed by atoms with van der Waals surface area (Å²) in [5.74, 6) is -3.09. The van der Waals surface area contributed by atoms with Crippen molar-refractivity contribution in [1.29, 1.82) is 0 Å². The summed E-state index contributed by atoms with van der Waals surface area (Å²) in [6.07, 6.45) is -7.54. The van der Waals surface area contributed by atoms with E-state index in [1.54, 1.807) is 41.5 Å². The maximum absolute atomic E-state index is 12.7. The lowest BCUT2D eigenvalue weighted by molar-refractivity contribution is -0.300. The van der Waals surface area contributed by atoms with E-state index in [1.165, 1.54) is 7.11 Å². The zero-order chi connectivity index (χ0) is 26.8. The number of amides is 1. The van der Waals surface area contributed by atoms with E-state index in [2.05, 4.69) is 5.32 Å². The maximum atomic E-state index is 12.7. The summed E-state index contributed by atoms with van der Waals surface area (Å²) in [4.78, 5) is 48.7. The minimum atomic E-state index is -1.54. The number of nitrogens with one attached hydrogen (secondary N) is 1. The first-order valence-corrected chi connectivity index (χ1v) is 11.4. The molecule has 1 aliphatic rings. The first-order valence-electron chi connectivity index (χ1n) is 11.4. The number of carbonyl (C=O) groups is 4. The van der Waals surface area contributed by atoms with Crippen molar-refractivity contribution in [2.45, 2.75) is 90.3 Å². The van der Waals surface area contributed by atoms with E-state index in [0.29, 0.717) is 0 Å². The zero-order valence-electron chi connectivity index (χ0n) is 21.2. The summed E-state index contributed by atoms with van der Waals surface area (Å²) in [6, 6.07) is -1.54. The lowest BCUT2D eigenvalue weighted by Crippen LogP contribution is -2.63. The van der Waals surface area contributed by atoms with E-state index in [-0.39, 0.29) is 19.8 Å². The molecule has 1 heterocycles. The second-order valence-corrected chi connectivity index (χ2v) is 8.44. The summed E-state index contributed by atoms with van der Waals surface area (Å²) in [5, 5.41) is 11.3. The molecule has 1 amide bonds. The predicted octanol–water partition coefficient (Wildman–Crippen LogP) is 1.01. The van der Waals surface area contributed by atoms with Crippen LogP contribution in [0, 0.1) is 0 Å². The molecule has 0 saturated carbocycles. The van der Waals surface area contributed by atoms with Gasteiger partial charge in [-0.1, -0.05) is 0 Å². The van der Waals surface area contributed by atoms with E-state index in [0.717, 1.165) is 0 Å². The van der Waals surface area contributed by atoms with Gasteiger partial charge in [-0.15, -0.1) is 0 Å². The Labute approximate surface area is 204 Å². The number of hydrogen-bond donors (Lipinski definition) is 2. The molecule has 1 fully saturated rings. The van der Waals surface area contributed by atoms with Crippen molar-refractivity contribution >= 4 is 24.0 Å². The number of carboxylic acid groups (broad SMARTS) is 1. The highest BCUT2D eigenvalue weighted by Crippen LogP contribution is 2.30. The summed E-state index contributed by atoms with van der Waals surface area (Å²) in [6.45, 7) is 10.6. The van der Waals surface area contributed by atoms with Crippen LogP contribution in [0.4, 0.5) is 4.79 Å². The molecule has 0 bridgehead atoms. The molecule has 0 radical (unpaired) electrons. The lowest BCUT2D eigenvalue weighted by Gasteiger charge is -2.44. The summed E-state index contributed by atoms with van der Waals surface area (Å²) < 4.78 is 38.2. The normalized spacial score (nSPS) is 25.3. The van der Waals surface area contributed by atoms with Crippen molar-refractivity contribution in [3.8, 4) is 0 Å². The number of carbonyl (C=O) groups excluding carboxylic acids is 3. The Morgan fingerprint density at radius 2 is 1.49 bits per heavy atom. The number of alkyl carbamates (subject to hydrolysis) is 1. The summed E-state index contributed by atoms with van der Waals surface area (Å²) >= 11 is 0. The molecule has 0 aromatic heterocycles. The van der Waals surface area contributed by atoms with Gasteiger partial charge in [0.15, 0.2) is 6.10 Å². The fourth-order valence-electron chi connectivity index (χ4n) is 3.36. The average molecular weight is 508 g/mol. The molecule has 6 atom stereocenters. The van der Waals surface area contributed by atoms with E-state index >= 15 is 0 Å². The highest BCUT2D eigenvalue weighted by molar-refractivity contribution is 5.86. The maximum Gasteiger partial charge on any atom is 0.410 e. The second-order valence-electron chi connectivity index (χ2n) is 8.44. The predicted molar refractivity (Wildman–Crippen MR) is 118 cm³/mol. The number of ether oxygens (including phenoxy) is 7. The monoisotopic (exact) mass is 507 g/mol. The SMILES string of the molecule is CCO[C@H]1[C@H](OCC)[C@@H](OCC)C(OC(=O)N[C@@H](CC(=O)O)C(=O)OC(C)(C)C)O[C@@H]1C(=O)OC. The van der Waals surface area contributed by atoms with Gasteiger partial charge < -0.3 is 43.6 Å². The van der Waals surface area contributed by atoms with E-state index in [4.69, 9.17) is 38.3 Å². The smallest absolute Gasteiger partial charge is 0.410 e. The van der Waals surface area contributed by atoms with Crippen molar-refractivity contribution < 1.29 is 57.4 Å². The third kappa shape index (κ3) is 9.59. The zero-order valence-corrected chi connectivity index (χ0v) is 21.2. The van der Waals surface area contributed by atoms with Crippen molar-refractivity contribution in [3.63, 3.8) is 0 Å². The Morgan fingerprint density at radius 3 is 1.97 bits per heavy atom. The van der Waals surface area contributed by atoms with Crippen LogP contribution >= 0.6 is 0 Å². The highest BCUT2D eigenvalue weighted by atomic mass is 16.7. The third-order valence-electron chi connectivity index (χ3n) is 4.59. The van der Waals surface area contributed by atoms with Crippen LogP contribution in [0.2, 0.25) is 0 Å². The van der Waals surface area contributed by atoms with Crippen LogP contribution in [0.1, 0.15) is 48.0 Å². The van der Waals surface area contributed by atoms with Crippen LogP contribution in [0.15, 0.2) is 0 Å². The number of carboxylic acids is 1. The number of methoxy groups -OCH3 is 1. The summed E-state index contributed by atoms with van der Waals surface area (Å²) in [5.41, 5.74) is -0.918. The minimum absolute atomic E-state index is 0.181. The van der Waals surface area contributed by atoms with E-state index in [1.807, 2.05) is 0 Å². The second kappa shape index (κ2) is 14.2. The molecule has 35 heavy (non-hydrogen) atoms. The van der Waals surface area contributed by atoms with Gasteiger partial charge in [-0.05, 0) is 41.5 Å². The quantitative estimate of drug-likeness (QED) is 0.285. The van der Waals surface area contributed by atoms with E-state index < -0.39 is 72.8 Å². The fourth-order valence-corrected chi connectivity index (χ4v) is 3.36. The van der Waals surface area contributed by atoms with Crippen molar-refractivity contribution in [1.82, 2.24) is 5.32 Å². The Bertz CT molecular complexity index is 722. The van der Waals surface area contributed by atoms with Crippen molar-refractivity contribution in [2.75, 3.05) is 26.9 Å². The number of aliphatic carboxylic acids is 1. The van der Waals surface area contributed by atoms with Gasteiger partial charge in [-0.2, -0.15) is 0 Å². The molecule has 202 valence electrons. The van der Waals surface area contributed by atoms with Crippen LogP contribution in [0.3, 0.4) is 0 Å². The molecule has 13 nitrogen and oxygen atoms in total. The van der Waals surface area contributed by atoms with Crippen LogP contribution in [-0.2, 0) is 47.5 Å². The van der Waals surface area contributed by atoms with Crippen molar-refractivity contribution in [2.24, 2.45) is 0 Å². The van der Waals surface area contributed by atoms with Crippen LogP contribution in [-0.4, -0.2) is 98.4 Å². The Hall–Kier alpha value is -2.48. The van der Waals surface area contributed by atoms with Crippen LogP contribution < -0.4 is 5.32 Å². The number of rotatable bonds is 12. The first kappa shape index (κ1) is 30.6. The van der Waals surface area contributed by atoms with Gasteiger partial charge in [-0.3, -0.25) is 4.79 Å². The number of esters is 2. The largest absolute Gasteiger partial charge is 0.481 e. The molecule has 1 saturated heterocycles. The van der Waals surface area contributed by atoms with Gasteiger partial charge >= 0.3 is 24.0 Å². The Balaban J connectivity index is 3.17. The minimum Gasteiger partial charge on any atom is -0.481 e. The van der Waals surface area contributed by atoms with Crippen LogP contribution in [0.25, 0.3) is 0 Å². The van der Waals surface area contributed by atoms with E-state index in [9.17, 15) is 19.2 Å². The Kier molecular flexibility index (Phi) is 12.4. The average Bonchev–Trinajstić information content (AvgIpc) is 2.75. The van der Waals surface area contributed by atoms with Crippen LogP contribution in [0.5, 0.6) is 0 Å².